The van der Waals surface area contributed by atoms with Crippen LogP contribution < -0.4 is 5.56 Å². The fourth-order valence-electron chi connectivity index (χ4n) is 5.06. The minimum Gasteiger partial charge on any atom is -0.395 e. The molecular formula is C24H25ClN4O3S2. The van der Waals surface area contributed by atoms with Crippen LogP contribution in [0.1, 0.15) is 35.5 Å². The second kappa shape index (κ2) is 9.28. The van der Waals surface area contributed by atoms with Crippen LogP contribution >= 0.6 is 34.7 Å². The Morgan fingerprint density at radius 2 is 2.15 bits per heavy atom. The highest BCUT2D eigenvalue weighted by Gasteiger charge is 2.26. The number of halogens is 1. The zero-order valence-corrected chi connectivity index (χ0v) is 21.0. The Morgan fingerprint density at radius 3 is 2.97 bits per heavy atom. The summed E-state index contributed by atoms with van der Waals surface area (Å²) < 4.78 is 9.69. The first-order valence-electron chi connectivity index (χ1n) is 11.7. The first-order chi connectivity index (χ1) is 16.6. The van der Waals surface area contributed by atoms with Gasteiger partial charge in [0, 0.05) is 23.1 Å². The topological polar surface area (TPSA) is 82.2 Å². The predicted molar refractivity (Wildman–Crippen MR) is 136 cm³/mol. The number of ether oxygens (including phenoxy) is 1. The lowest BCUT2D eigenvalue weighted by Crippen LogP contribution is -2.29. The minimum atomic E-state index is 0.00429. The van der Waals surface area contributed by atoms with E-state index in [0.29, 0.717) is 29.0 Å². The number of aromatic nitrogens is 4. The Labute approximate surface area is 209 Å². The summed E-state index contributed by atoms with van der Waals surface area (Å²) in [6, 6.07) is 5.59. The molecule has 1 N–H and O–H groups in total. The molecule has 2 aliphatic rings. The Hall–Kier alpha value is -1.91. The van der Waals surface area contributed by atoms with E-state index in [-0.39, 0.29) is 18.3 Å². The first-order valence-corrected chi connectivity index (χ1v) is 13.9. The van der Waals surface area contributed by atoms with Crippen molar-refractivity contribution in [2.45, 2.75) is 62.2 Å². The molecule has 1 atom stereocenters. The fraction of sp³-hybridized carbons (Fsp3) is 0.458. The fourth-order valence-corrected chi connectivity index (χ4v) is 7.48. The number of aliphatic hydroxyl groups excluding tert-OH is 1. The van der Waals surface area contributed by atoms with E-state index in [1.54, 1.807) is 11.3 Å². The number of aryl methyl sites for hydroxylation is 2. The molecule has 4 heterocycles. The molecule has 7 nitrogen and oxygen atoms in total. The van der Waals surface area contributed by atoms with Crippen molar-refractivity contribution in [3.8, 4) is 0 Å². The lowest BCUT2D eigenvalue weighted by Gasteiger charge is -2.16. The van der Waals surface area contributed by atoms with E-state index in [2.05, 4.69) is 0 Å². The van der Waals surface area contributed by atoms with Gasteiger partial charge >= 0.3 is 0 Å². The van der Waals surface area contributed by atoms with Crippen LogP contribution in [0.2, 0.25) is 5.02 Å². The van der Waals surface area contributed by atoms with Gasteiger partial charge < -0.3 is 14.4 Å². The number of benzene rings is 1. The van der Waals surface area contributed by atoms with Gasteiger partial charge in [-0.3, -0.25) is 9.36 Å². The molecule has 1 fully saturated rings. The van der Waals surface area contributed by atoms with Gasteiger partial charge in [-0.25, -0.2) is 9.97 Å². The number of thiophene rings is 1. The van der Waals surface area contributed by atoms with Crippen molar-refractivity contribution < 1.29 is 9.84 Å². The number of nitrogens with zero attached hydrogens (tertiary/aromatic N) is 4. The quantitative estimate of drug-likeness (QED) is 0.289. The summed E-state index contributed by atoms with van der Waals surface area (Å²) in [7, 11) is 0. The number of thioether (sulfide) groups is 1. The smallest absolute Gasteiger partial charge is 0.263 e. The summed E-state index contributed by atoms with van der Waals surface area (Å²) in [5.74, 6) is 1.35. The summed E-state index contributed by atoms with van der Waals surface area (Å²) in [6.07, 6.45) is 5.15. The van der Waals surface area contributed by atoms with Crippen molar-refractivity contribution >= 4 is 55.9 Å². The number of fused-ring (bicyclic) bond motifs is 4. The standard InChI is InChI=1S/C24H25ClN4O3S2/c25-14-6-7-17-18(11-14)28(8-9-30)20(26-17)13-33-24-27-22-21(16-4-1-5-19(16)34-22)23(31)29(24)12-15-3-2-10-32-15/h6-7,11,15,30H,1-5,8-10,12-13H2. The van der Waals surface area contributed by atoms with E-state index in [0.717, 1.165) is 65.8 Å². The molecule has 1 aliphatic carbocycles. The van der Waals surface area contributed by atoms with Crippen LogP contribution in [-0.2, 0) is 36.4 Å². The van der Waals surface area contributed by atoms with Gasteiger partial charge in [-0.1, -0.05) is 23.4 Å². The summed E-state index contributed by atoms with van der Waals surface area (Å²) in [6.45, 7) is 1.71. The molecule has 0 bridgehead atoms. The van der Waals surface area contributed by atoms with Crippen LogP contribution in [-0.4, -0.2) is 43.5 Å². The number of aliphatic hydroxyl groups is 1. The molecule has 0 spiro atoms. The molecule has 1 aliphatic heterocycles. The minimum absolute atomic E-state index is 0.00429. The van der Waals surface area contributed by atoms with Crippen molar-refractivity contribution in [2.24, 2.45) is 0 Å². The van der Waals surface area contributed by atoms with Crippen molar-refractivity contribution in [3.63, 3.8) is 0 Å². The largest absolute Gasteiger partial charge is 0.395 e. The lowest BCUT2D eigenvalue weighted by atomic mass is 10.2. The van der Waals surface area contributed by atoms with E-state index in [1.165, 1.54) is 22.2 Å². The van der Waals surface area contributed by atoms with Gasteiger partial charge in [0.1, 0.15) is 10.7 Å². The number of rotatable bonds is 7. The average Bonchev–Trinajstić information content (AvgIpc) is 3.60. The van der Waals surface area contributed by atoms with Crippen LogP contribution in [0, 0.1) is 0 Å². The molecule has 34 heavy (non-hydrogen) atoms. The molecule has 4 aromatic rings. The highest BCUT2D eigenvalue weighted by Crippen LogP contribution is 2.36. The van der Waals surface area contributed by atoms with Gasteiger partial charge in [-0.15, -0.1) is 11.3 Å². The Kier molecular flexibility index (Phi) is 6.15. The third-order valence-electron chi connectivity index (χ3n) is 6.64. The van der Waals surface area contributed by atoms with Gasteiger partial charge in [0.15, 0.2) is 5.16 Å². The van der Waals surface area contributed by atoms with Gasteiger partial charge in [-0.05, 0) is 55.9 Å². The van der Waals surface area contributed by atoms with E-state index in [9.17, 15) is 9.90 Å². The number of hydrogen-bond donors (Lipinski definition) is 1. The van der Waals surface area contributed by atoms with Gasteiger partial charge in [0.2, 0.25) is 0 Å². The average molecular weight is 517 g/mol. The zero-order chi connectivity index (χ0) is 23.2. The summed E-state index contributed by atoms with van der Waals surface area (Å²) in [4.78, 5) is 25.6. The van der Waals surface area contributed by atoms with Crippen LogP contribution in [0.25, 0.3) is 21.3 Å². The van der Waals surface area contributed by atoms with Gasteiger partial charge in [-0.2, -0.15) is 0 Å². The van der Waals surface area contributed by atoms with Gasteiger partial charge in [0.25, 0.3) is 5.56 Å². The third kappa shape index (κ3) is 3.97. The van der Waals surface area contributed by atoms with E-state index >= 15 is 0 Å². The first kappa shape index (κ1) is 22.5. The second-order valence-electron chi connectivity index (χ2n) is 8.81. The summed E-state index contributed by atoms with van der Waals surface area (Å²) >= 11 is 9.40. The highest BCUT2D eigenvalue weighted by atomic mass is 35.5. The van der Waals surface area contributed by atoms with Gasteiger partial charge in [0.05, 0.1) is 41.4 Å². The van der Waals surface area contributed by atoms with Crippen LogP contribution in [0.15, 0.2) is 28.2 Å². The summed E-state index contributed by atoms with van der Waals surface area (Å²) in [5, 5.41) is 11.8. The summed E-state index contributed by atoms with van der Waals surface area (Å²) in [5.41, 5.74) is 2.99. The van der Waals surface area contributed by atoms with Crippen molar-refractivity contribution in [2.75, 3.05) is 13.2 Å². The van der Waals surface area contributed by atoms with E-state index in [1.807, 2.05) is 27.3 Å². The molecule has 10 heteroatoms. The molecule has 6 rings (SSSR count). The monoisotopic (exact) mass is 516 g/mol. The third-order valence-corrected chi connectivity index (χ3v) is 9.04. The predicted octanol–water partition coefficient (Wildman–Crippen LogP) is 4.41. The highest BCUT2D eigenvalue weighted by molar-refractivity contribution is 7.98. The maximum Gasteiger partial charge on any atom is 0.263 e. The normalized spacial score (nSPS) is 17.9. The molecule has 1 saturated heterocycles. The van der Waals surface area contributed by atoms with Crippen LogP contribution in [0.5, 0.6) is 0 Å². The van der Waals surface area contributed by atoms with E-state index in [4.69, 9.17) is 26.3 Å². The SMILES string of the molecule is O=c1c2c3c(sc2nc(SCc2nc4ccc(Cl)cc4n2CCO)n1CC1CCCO1)CCC3. The number of imidazole rings is 1. The van der Waals surface area contributed by atoms with Crippen molar-refractivity contribution in [1.82, 2.24) is 19.1 Å². The van der Waals surface area contributed by atoms with Crippen molar-refractivity contribution in [1.29, 1.82) is 0 Å². The van der Waals surface area contributed by atoms with Crippen LogP contribution in [0.3, 0.4) is 0 Å². The lowest BCUT2D eigenvalue weighted by molar-refractivity contribution is 0.0937. The Bertz CT molecular complexity index is 1440. The Morgan fingerprint density at radius 1 is 1.24 bits per heavy atom. The van der Waals surface area contributed by atoms with Crippen LogP contribution in [0.4, 0.5) is 0 Å². The van der Waals surface area contributed by atoms with E-state index < -0.39 is 0 Å². The number of hydrogen-bond acceptors (Lipinski definition) is 7. The van der Waals surface area contributed by atoms with Crippen molar-refractivity contribution in [3.05, 3.63) is 49.8 Å². The molecule has 0 saturated carbocycles. The second-order valence-corrected chi connectivity index (χ2v) is 11.3. The molecule has 3 aromatic heterocycles. The Balaban J connectivity index is 1.40. The maximum atomic E-state index is 13.7. The maximum absolute atomic E-state index is 13.7. The molecule has 0 radical (unpaired) electrons. The molecule has 1 aromatic carbocycles. The molecular weight excluding hydrogens is 492 g/mol. The molecule has 0 amide bonds. The molecule has 178 valence electrons. The molecule has 1 unspecified atom stereocenters. The zero-order valence-electron chi connectivity index (χ0n) is 18.6.